The minimum atomic E-state index is -2.83. The molecule has 3 atom stereocenters. The van der Waals surface area contributed by atoms with Gasteiger partial charge in [-0.2, -0.15) is 10.6 Å². The molecular weight excluding hydrogens is 476 g/mol. The van der Waals surface area contributed by atoms with E-state index in [0.717, 1.165) is 35.6 Å². The van der Waals surface area contributed by atoms with Gasteiger partial charge in [0.25, 0.3) is 0 Å². The van der Waals surface area contributed by atoms with Gasteiger partial charge in [-0.05, 0) is 53.6 Å². The second kappa shape index (κ2) is 12.1. The van der Waals surface area contributed by atoms with Gasteiger partial charge in [0.05, 0.1) is 29.7 Å². The highest BCUT2D eigenvalue weighted by atomic mass is 32.3. The molecule has 6 N–H and O–H groups in total. The van der Waals surface area contributed by atoms with Gasteiger partial charge in [-0.15, -0.1) is 0 Å². The Labute approximate surface area is 206 Å². The maximum atomic E-state index is 13.7. The van der Waals surface area contributed by atoms with Crippen LogP contribution in [0.15, 0.2) is 36.4 Å². The number of benzene rings is 2. The normalized spacial score (nSPS) is 19.3. The number of carbonyl (C=O) groups excluding carboxylic acids is 1. The molecule has 194 valence electrons. The number of halogens is 2. The molecule has 0 fully saturated rings. The average molecular weight is 512 g/mol. The summed E-state index contributed by atoms with van der Waals surface area (Å²) in [5.41, 5.74) is 3.23. The molecule has 0 radical (unpaired) electrons. The molecule has 0 aromatic heterocycles. The molecule has 2 aromatic rings. The fourth-order valence-electron chi connectivity index (χ4n) is 4.28. The molecule has 0 unspecified atom stereocenters. The Morgan fingerprint density at radius 3 is 2.49 bits per heavy atom. The minimum absolute atomic E-state index is 0.00744. The van der Waals surface area contributed by atoms with Gasteiger partial charge >= 0.3 is 6.03 Å². The lowest BCUT2D eigenvalue weighted by molar-refractivity contribution is 0.124. The van der Waals surface area contributed by atoms with Crippen molar-refractivity contribution in [2.75, 3.05) is 18.8 Å². The second-order valence-electron chi connectivity index (χ2n) is 9.02. The molecule has 0 saturated heterocycles. The predicted molar refractivity (Wildman–Crippen MR) is 135 cm³/mol. The zero-order valence-electron chi connectivity index (χ0n) is 20.1. The van der Waals surface area contributed by atoms with Crippen LogP contribution >= 0.6 is 10.6 Å². The molecule has 7 nitrogen and oxygen atoms in total. The Morgan fingerprint density at radius 1 is 1.11 bits per heavy atom. The smallest absolute Gasteiger partial charge is 0.315 e. The molecule has 35 heavy (non-hydrogen) atoms. The number of hydrogen-bond donors (Lipinski definition) is 6. The number of carbonyl (C=O) groups is 1. The Hall–Kier alpha value is -2.24. The number of aliphatic hydroxyl groups excluding tert-OH is 1. The van der Waals surface area contributed by atoms with E-state index < -0.39 is 46.4 Å². The van der Waals surface area contributed by atoms with Crippen molar-refractivity contribution in [3.05, 3.63) is 70.3 Å². The van der Waals surface area contributed by atoms with E-state index >= 15 is 0 Å². The molecule has 2 amide bonds. The van der Waals surface area contributed by atoms with Crippen LogP contribution in [0, 0.1) is 11.6 Å². The lowest BCUT2D eigenvalue weighted by Crippen LogP contribution is -2.52. The maximum absolute atomic E-state index is 13.7. The van der Waals surface area contributed by atoms with Crippen molar-refractivity contribution in [3.63, 3.8) is 0 Å². The topological polar surface area (TPSA) is 114 Å². The lowest BCUT2D eigenvalue weighted by atomic mass is 9.97. The van der Waals surface area contributed by atoms with Gasteiger partial charge in [-0.1, -0.05) is 32.0 Å². The van der Waals surface area contributed by atoms with Crippen LogP contribution < -0.4 is 16.0 Å². The maximum Gasteiger partial charge on any atom is 0.315 e. The fraction of sp³-hybridized carbons (Fsp3) is 0.480. The van der Waals surface area contributed by atoms with Gasteiger partial charge in [0.15, 0.2) is 0 Å². The van der Waals surface area contributed by atoms with Gasteiger partial charge in [0.2, 0.25) is 0 Å². The Balaban J connectivity index is 1.76. The quantitative estimate of drug-likeness (QED) is 0.288. The second-order valence-corrected chi connectivity index (χ2v) is 11.2. The summed E-state index contributed by atoms with van der Waals surface area (Å²) in [6.45, 7) is 4.41. The van der Waals surface area contributed by atoms with Gasteiger partial charge in [0, 0.05) is 19.2 Å². The third kappa shape index (κ3) is 7.88. The molecule has 0 bridgehead atoms. The number of nitrogens with one attached hydrogen (secondary N) is 3. The molecule has 0 spiro atoms. The standard InChI is InChI=1S/C25H35F2N3O4S/c1-3-7-28-25(32)30-22(11-17-8-19(26)12-20(27)9-17)24(31)13-29-23-15-35(33,34)14-18-6-5-16(4-2)10-21(18)23/h5-6,8-10,12,22-24,29,31,33-34H,3-4,7,11,13-15H2,1-2H3,(H2,28,30,32)/t22-,23-,24-/m0/s1. The summed E-state index contributed by atoms with van der Waals surface area (Å²) in [6.07, 6.45) is 0.454. The van der Waals surface area contributed by atoms with E-state index in [0.29, 0.717) is 12.1 Å². The van der Waals surface area contributed by atoms with Crippen LogP contribution in [0.4, 0.5) is 13.6 Å². The number of fused-ring (bicyclic) bond motifs is 1. The summed E-state index contributed by atoms with van der Waals surface area (Å²) < 4.78 is 48.3. The highest BCUT2D eigenvalue weighted by molar-refractivity contribution is 8.23. The summed E-state index contributed by atoms with van der Waals surface area (Å²) in [5, 5.41) is 19.6. The Morgan fingerprint density at radius 2 is 1.83 bits per heavy atom. The molecule has 1 aliphatic rings. The summed E-state index contributed by atoms with van der Waals surface area (Å²) in [7, 11) is -2.83. The van der Waals surface area contributed by atoms with Crippen LogP contribution in [-0.2, 0) is 18.6 Å². The van der Waals surface area contributed by atoms with Gasteiger partial charge in [-0.25, -0.2) is 13.6 Å². The molecule has 1 aliphatic heterocycles. The van der Waals surface area contributed by atoms with Crippen molar-refractivity contribution in [2.45, 2.75) is 57.1 Å². The van der Waals surface area contributed by atoms with E-state index in [1.54, 1.807) is 0 Å². The number of aryl methyl sites for hydroxylation is 1. The SMILES string of the molecule is CCCNC(=O)N[C@@H](Cc1cc(F)cc(F)c1)[C@@H](O)CN[C@H]1CS(O)(O)Cc2ccc(CC)cc21. The van der Waals surface area contributed by atoms with E-state index in [4.69, 9.17) is 0 Å². The van der Waals surface area contributed by atoms with E-state index in [1.165, 1.54) is 12.1 Å². The monoisotopic (exact) mass is 511 g/mol. The van der Waals surface area contributed by atoms with Crippen molar-refractivity contribution in [3.8, 4) is 0 Å². The van der Waals surface area contributed by atoms with E-state index in [-0.39, 0.29) is 24.5 Å². The first-order chi connectivity index (χ1) is 16.6. The largest absolute Gasteiger partial charge is 0.390 e. The zero-order chi connectivity index (χ0) is 25.6. The van der Waals surface area contributed by atoms with Crippen molar-refractivity contribution >= 4 is 16.6 Å². The summed E-state index contributed by atoms with van der Waals surface area (Å²) in [6, 6.07) is 7.29. The number of aliphatic hydroxyl groups is 1. The predicted octanol–water partition coefficient (Wildman–Crippen LogP) is 4.10. The van der Waals surface area contributed by atoms with Gasteiger partial charge in [-0.3, -0.25) is 9.11 Å². The van der Waals surface area contributed by atoms with Gasteiger partial charge in [0.1, 0.15) is 11.6 Å². The first-order valence-electron chi connectivity index (χ1n) is 11.9. The van der Waals surface area contributed by atoms with Crippen LogP contribution in [-0.4, -0.2) is 51.2 Å². The van der Waals surface area contributed by atoms with Crippen LogP contribution in [0.1, 0.15) is 48.6 Å². The molecule has 0 aliphatic carbocycles. The molecular formula is C25H35F2N3O4S. The van der Waals surface area contributed by atoms with Crippen LogP contribution in [0.5, 0.6) is 0 Å². The van der Waals surface area contributed by atoms with Crippen molar-refractivity contribution in [2.24, 2.45) is 0 Å². The Bertz CT molecular complexity index is 1000. The number of rotatable bonds is 10. The van der Waals surface area contributed by atoms with Crippen LogP contribution in [0.25, 0.3) is 0 Å². The lowest BCUT2D eigenvalue weighted by Gasteiger charge is -2.42. The number of hydrogen-bond acceptors (Lipinski definition) is 5. The zero-order valence-corrected chi connectivity index (χ0v) is 20.9. The van der Waals surface area contributed by atoms with Crippen LogP contribution in [0.2, 0.25) is 0 Å². The highest BCUT2D eigenvalue weighted by Gasteiger charge is 2.31. The number of urea groups is 1. The van der Waals surface area contributed by atoms with Crippen molar-refractivity contribution in [1.29, 1.82) is 0 Å². The number of amides is 2. The first-order valence-corrected chi connectivity index (χ1v) is 13.7. The summed E-state index contributed by atoms with van der Waals surface area (Å²) in [4.78, 5) is 12.3. The Kier molecular flexibility index (Phi) is 9.48. The minimum Gasteiger partial charge on any atom is -0.390 e. The molecule has 1 heterocycles. The van der Waals surface area contributed by atoms with E-state index in [1.807, 2.05) is 32.0 Å². The molecule has 10 heteroatoms. The fourth-order valence-corrected chi connectivity index (χ4v) is 5.99. The molecule has 2 aromatic carbocycles. The van der Waals surface area contributed by atoms with E-state index in [9.17, 15) is 27.8 Å². The van der Waals surface area contributed by atoms with Crippen molar-refractivity contribution < 1.29 is 27.8 Å². The average Bonchev–Trinajstić information content (AvgIpc) is 2.79. The van der Waals surface area contributed by atoms with E-state index in [2.05, 4.69) is 16.0 Å². The summed E-state index contributed by atoms with van der Waals surface area (Å²) >= 11 is 0. The van der Waals surface area contributed by atoms with Crippen LogP contribution in [0.3, 0.4) is 0 Å². The summed E-state index contributed by atoms with van der Waals surface area (Å²) in [5.74, 6) is -1.17. The third-order valence-electron chi connectivity index (χ3n) is 6.08. The first kappa shape index (κ1) is 27.3. The molecule has 0 saturated carbocycles. The highest BCUT2D eigenvalue weighted by Crippen LogP contribution is 2.50. The molecule has 3 rings (SSSR count). The third-order valence-corrected chi connectivity index (χ3v) is 7.72. The van der Waals surface area contributed by atoms with Crippen molar-refractivity contribution in [1.82, 2.24) is 16.0 Å². The van der Waals surface area contributed by atoms with Gasteiger partial charge < -0.3 is 21.1 Å².